The zero-order chi connectivity index (χ0) is 14.0. The van der Waals surface area contributed by atoms with Crippen molar-refractivity contribution in [2.75, 3.05) is 5.73 Å². The summed E-state index contributed by atoms with van der Waals surface area (Å²) in [6.07, 6.45) is 0. The van der Waals surface area contributed by atoms with E-state index in [2.05, 4.69) is 0 Å². The Balaban J connectivity index is 2.37. The van der Waals surface area contributed by atoms with Crippen molar-refractivity contribution < 1.29 is 9.13 Å². The second-order valence-corrected chi connectivity index (χ2v) is 4.33. The van der Waals surface area contributed by atoms with Gasteiger partial charge in [-0.25, -0.2) is 4.39 Å². The van der Waals surface area contributed by atoms with Crippen LogP contribution < -0.4 is 10.5 Å². The third-order valence-corrected chi connectivity index (χ3v) is 2.84. The number of hydrogen-bond donors (Lipinski definition) is 1. The molecule has 0 heterocycles. The number of nitriles is 1. The number of aryl methyl sites for hydroxylation is 2. The largest absolute Gasteiger partial charge is 0.454 e. The maximum Gasteiger partial charge on any atom is 0.167 e. The zero-order valence-corrected chi connectivity index (χ0v) is 10.7. The van der Waals surface area contributed by atoms with Crippen LogP contribution in [-0.4, -0.2) is 0 Å². The van der Waals surface area contributed by atoms with Crippen molar-refractivity contribution in [1.82, 2.24) is 0 Å². The Morgan fingerprint density at radius 3 is 2.47 bits per heavy atom. The van der Waals surface area contributed by atoms with Crippen LogP contribution in [0.5, 0.6) is 11.5 Å². The molecule has 2 rings (SSSR count). The molecule has 0 spiro atoms. The van der Waals surface area contributed by atoms with E-state index >= 15 is 0 Å². The van der Waals surface area contributed by atoms with Gasteiger partial charge in [0.25, 0.3) is 0 Å². The van der Waals surface area contributed by atoms with Crippen molar-refractivity contribution in [3.05, 3.63) is 52.8 Å². The number of anilines is 1. The van der Waals surface area contributed by atoms with Crippen molar-refractivity contribution >= 4 is 5.69 Å². The highest BCUT2D eigenvalue weighted by Gasteiger charge is 2.09. The number of halogens is 1. The van der Waals surface area contributed by atoms with Crippen molar-refractivity contribution in [1.29, 1.82) is 5.26 Å². The Morgan fingerprint density at radius 2 is 1.84 bits per heavy atom. The van der Waals surface area contributed by atoms with Crippen LogP contribution in [0.25, 0.3) is 0 Å². The Bertz CT molecular complexity index is 675. The number of hydrogen-bond acceptors (Lipinski definition) is 3. The summed E-state index contributed by atoms with van der Waals surface area (Å²) < 4.78 is 19.3. The van der Waals surface area contributed by atoms with Crippen LogP contribution in [0.2, 0.25) is 0 Å². The molecule has 0 bridgehead atoms. The molecule has 0 amide bonds. The summed E-state index contributed by atoms with van der Waals surface area (Å²) in [6, 6.07) is 9.53. The average molecular weight is 256 g/mol. The van der Waals surface area contributed by atoms with E-state index in [0.717, 1.165) is 17.2 Å². The Morgan fingerprint density at radius 1 is 1.11 bits per heavy atom. The first kappa shape index (κ1) is 12.9. The Hall–Kier alpha value is -2.54. The molecule has 2 N–H and O–H groups in total. The summed E-state index contributed by atoms with van der Waals surface area (Å²) in [7, 11) is 0. The van der Waals surface area contributed by atoms with E-state index in [1.54, 1.807) is 12.1 Å². The molecule has 4 heteroatoms. The number of rotatable bonds is 2. The number of benzene rings is 2. The number of ether oxygens (including phenoxy) is 1. The lowest BCUT2D eigenvalue weighted by molar-refractivity contribution is 0.439. The smallest absolute Gasteiger partial charge is 0.167 e. The van der Waals surface area contributed by atoms with Gasteiger partial charge in [-0.3, -0.25) is 0 Å². The summed E-state index contributed by atoms with van der Waals surface area (Å²) in [4.78, 5) is 0. The fourth-order valence-corrected chi connectivity index (χ4v) is 1.69. The third kappa shape index (κ3) is 2.66. The molecule has 0 radical (unpaired) electrons. The molecule has 0 unspecified atom stereocenters. The fourth-order valence-electron chi connectivity index (χ4n) is 1.69. The van der Waals surface area contributed by atoms with Crippen LogP contribution in [0.3, 0.4) is 0 Å². The lowest BCUT2D eigenvalue weighted by atomic mass is 10.1. The van der Waals surface area contributed by atoms with Gasteiger partial charge in [0.1, 0.15) is 5.75 Å². The first-order valence-corrected chi connectivity index (χ1v) is 5.75. The number of nitrogen functional groups attached to an aromatic ring is 1. The van der Waals surface area contributed by atoms with Crippen molar-refractivity contribution in [3.63, 3.8) is 0 Å². The molecule has 2 aromatic rings. The average Bonchev–Trinajstić information content (AvgIpc) is 2.38. The molecule has 19 heavy (non-hydrogen) atoms. The Kier molecular flexibility index (Phi) is 3.39. The number of nitrogens with zero attached hydrogens (tertiary/aromatic N) is 1. The van der Waals surface area contributed by atoms with E-state index in [1.807, 2.05) is 19.9 Å². The molecule has 0 aliphatic heterocycles. The SMILES string of the molecule is Cc1cc(Oc2ccc(C#N)cc2F)c(C)cc1N. The van der Waals surface area contributed by atoms with E-state index in [0.29, 0.717) is 11.4 Å². The second kappa shape index (κ2) is 4.99. The van der Waals surface area contributed by atoms with Crippen LogP contribution in [0.4, 0.5) is 10.1 Å². The lowest BCUT2D eigenvalue weighted by Crippen LogP contribution is -1.95. The molecule has 0 aromatic heterocycles. The molecular formula is C15H13FN2O. The highest BCUT2D eigenvalue weighted by Crippen LogP contribution is 2.30. The minimum atomic E-state index is -0.562. The van der Waals surface area contributed by atoms with E-state index in [-0.39, 0.29) is 11.3 Å². The first-order chi connectivity index (χ1) is 9.01. The molecule has 3 nitrogen and oxygen atoms in total. The molecule has 2 aromatic carbocycles. The van der Waals surface area contributed by atoms with Gasteiger partial charge in [-0.05, 0) is 55.3 Å². The first-order valence-electron chi connectivity index (χ1n) is 5.75. The molecule has 0 aliphatic carbocycles. The molecule has 0 aliphatic rings. The van der Waals surface area contributed by atoms with Crippen molar-refractivity contribution in [3.8, 4) is 17.6 Å². The maximum absolute atomic E-state index is 13.7. The van der Waals surface area contributed by atoms with Gasteiger partial charge in [-0.2, -0.15) is 5.26 Å². The monoisotopic (exact) mass is 256 g/mol. The quantitative estimate of drug-likeness (QED) is 0.833. The molecule has 0 saturated heterocycles. The van der Waals surface area contributed by atoms with Crippen molar-refractivity contribution in [2.24, 2.45) is 0 Å². The van der Waals surface area contributed by atoms with Crippen LogP contribution in [-0.2, 0) is 0 Å². The summed E-state index contributed by atoms with van der Waals surface area (Å²) in [5.74, 6) is 0.0782. The van der Waals surface area contributed by atoms with Gasteiger partial charge in [-0.15, -0.1) is 0 Å². The normalized spacial score (nSPS) is 10.0. The minimum Gasteiger partial charge on any atom is -0.454 e. The predicted octanol–water partition coefficient (Wildman–Crippen LogP) is 3.69. The zero-order valence-electron chi connectivity index (χ0n) is 10.7. The van der Waals surface area contributed by atoms with E-state index in [1.165, 1.54) is 12.1 Å². The lowest BCUT2D eigenvalue weighted by Gasteiger charge is -2.12. The Labute approximate surface area is 111 Å². The van der Waals surface area contributed by atoms with Crippen LogP contribution in [0, 0.1) is 31.0 Å². The van der Waals surface area contributed by atoms with Gasteiger partial charge in [0.15, 0.2) is 11.6 Å². The topological polar surface area (TPSA) is 59.0 Å². The van der Waals surface area contributed by atoms with Gasteiger partial charge >= 0.3 is 0 Å². The third-order valence-electron chi connectivity index (χ3n) is 2.84. The fraction of sp³-hybridized carbons (Fsp3) is 0.133. The molecule has 0 saturated carbocycles. The standard InChI is InChI=1S/C15H13FN2O/c1-9-6-15(10(2)5-13(9)18)19-14-4-3-11(8-17)7-12(14)16/h3-7H,18H2,1-2H3. The minimum absolute atomic E-state index is 0.0891. The van der Waals surface area contributed by atoms with Gasteiger partial charge in [-0.1, -0.05) is 0 Å². The molecular weight excluding hydrogens is 243 g/mol. The second-order valence-electron chi connectivity index (χ2n) is 4.33. The van der Waals surface area contributed by atoms with Gasteiger partial charge in [0, 0.05) is 5.69 Å². The molecule has 0 fully saturated rings. The van der Waals surface area contributed by atoms with E-state index in [9.17, 15) is 4.39 Å². The summed E-state index contributed by atoms with van der Waals surface area (Å²) in [5, 5.41) is 8.68. The highest BCUT2D eigenvalue weighted by molar-refractivity contribution is 5.54. The van der Waals surface area contributed by atoms with Crippen LogP contribution in [0.1, 0.15) is 16.7 Å². The van der Waals surface area contributed by atoms with E-state index in [4.69, 9.17) is 15.7 Å². The van der Waals surface area contributed by atoms with Gasteiger partial charge in [0.2, 0.25) is 0 Å². The number of nitrogens with two attached hydrogens (primary N) is 1. The van der Waals surface area contributed by atoms with Gasteiger partial charge < -0.3 is 10.5 Å². The predicted molar refractivity (Wildman–Crippen MR) is 71.5 cm³/mol. The van der Waals surface area contributed by atoms with Crippen LogP contribution >= 0.6 is 0 Å². The highest BCUT2D eigenvalue weighted by atomic mass is 19.1. The summed E-state index contributed by atoms with van der Waals surface area (Å²) >= 11 is 0. The molecule has 0 atom stereocenters. The van der Waals surface area contributed by atoms with Crippen LogP contribution in [0.15, 0.2) is 30.3 Å². The summed E-state index contributed by atoms with van der Waals surface area (Å²) in [5.41, 5.74) is 8.41. The van der Waals surface area contributed by atoms with Crippen molar-refractivity contribution in [2.45, 2.75) is 13.8 Å². The summed E-state index contributed by atoms with van der Waals surface area (Å²) in [6.45, 7) is 3.70. The molecule has 96 valence electrons. The van der Waals surface area contributed by atoms with Gasteiger partial charge in [0.05, 0.1) is 11.6 Å². The maximum atomic E-state index is 13.7. The van der Waals surface area contributed by atoms with E-state index < -0.39 is 5.82 Å².